The molecule has 0 aliphatic carbocycles. The fourth-order valence-electron chi connectivity index (χ4n) is 2.76. The first-order valence-electron chi connectivity index (χ1n) is 8.75. The van der Waals surface area contributed by atoms with Gasteiger partial charge in [0.2, 0.25) is 0 Å². The second kappa shape index (κ2) is 8.49. The Morgan fingerprint density at radius 1 is 0.393 bits per heavy atom. The van der Waals surface area contributed by atoms with Crippen LogP contribution in [0.2, 0.25) is 0 Å². The van der Waals surface area contributed by atoms with Gasteiger partial charge < -0.3 is 0 Å². The molecule has 0 aliphatic rings. The minimum absolute atomic E-state index is 0.994. The van der Waals surface area contributed by atoms with Crippen LogP contribution < -0.4 is 0 Å². The molecular weight excluding hydrogens is 472 g/mol. The van der Waals surface area contributed by atoms with Gasteiger partial charge in [0, 0.05) is 31.2 Å². The van der Waals surface area contributed by atoms with E-state index in [9.17, 15) is 0 Å². The standard InChI is InChI=1S/C26H14Br2/c27-25-13-7-19(8-14-25)1-3-21-5-11-23-12-6-22(18-24(23)17-21)4-2-20-9-15-26(28)16-10-20/h5-18H. The molecule has 0 saturated carbocycles. The molecule has 2 heteroatoms. The molecule has 4 rings (SSSR count). The molecule has 0 fully saturated rings. The van der Waals surface area contributed by atoms with Crippen LogP contribution in [0.25, 0.3) is 10.8 Å². The summed E-state index contributed by atoms with van der Waals surface area (Å²) >= 11 is 6.89. The molecular formula is C26H14Br2. The lowest BCUT2D eigenvalue weighted by Crippen LogP contribution is -1.81. The number of rotatable bonds is 0. The Hall–Kier alpha value is -2.78. The van der Waals surface area contributed by atoms with Gasteiger partial charge in [0.05, 0.1) is 0 Å². The van der Waals surface area contributed by atoms with Crippen molar-refractivity contribution in [2.45, 2.75) is 0 Å². The van der Waals surface area contributed by atoms with Gasteiger partial charge >= 0.3 is 0 Å². The van der Waals surface area contributed by atoms with Crippen molar-refractivity contribution in [3.8, 4) is 23.7 Å². The minimum atomic E-state index is 0.994. The first-order valence-corrected chi connectivity index (χ1v) is 10.3. The van der Waals surface area contributed by atoms with E-state index < -0.39 is 0 Å². The van der Waals surface area contributed by atoms with E-state index in [-0.39, 0.29) is 0 Å². The van der Waals surface area contributed by atoms with Crippen molar-refractivity contribution in [1.29, 1.82) is 0 Å². The van der Waals surface area contributed by atoms with Crippen molar-refractivity contribution in [2.24, 2.45) is 0 Å². The van der Waals surface area contributed by atoms with E-state index >= 15 is 0 Å². The molecule has 4 aromatic rings. The molecule has 0 radical (unpaired) electrons. The van der Waals surface area contributed by atoms with E-state index in [1.807, 2.05) is 48.5 Å². The van der Waals surface area contributed by atoms with Crippen molar-refractivity contribution in [1.82, 2.24) is 0 Å². The molecule has 0 amide bonds. The maximum Gasteiger partial charge on any atom is 0.0255 e. The summed E-state index contributed by atoms with van der Waals surface area (Å²) in [5.41, 5.74) is 3.98. The third-order valence-corrected chi connectivity index (χ3v) is 5.29. The largest absolute Gasteiger partial charge is 0.0617 e. The second-order valence-electron chi connectivity index (χ2n) is 6.29. The average molecular weight is 486 g/mol. The first-order chi connectivity index (χ1) is 13.7. The van der Waals surface area contributed by atoms with E-state index in [0.717, 1.165) is 36.6 Å². The summed E-state index contributed by atoms with van der Waals surface area (Å²) in [6.45, 7) is 0. The lowest BCUT2D eigenvalue weighted by atomic mass is 10.0. The summed E-state index contributed by atoms with van der Waals surface area (Å²) in [6, 6.07) is 28.6. The third kappa shape index (κ3) is 4.73. The number of halogens is 2. The Morgan fingerprint density at radius 2 is 0.750 bits per heavy atom. The molecule has 0 nitrogen and oxygen atoms in total. The summed E-state index contributed by atoms with van der Waals surface area (Å²) in [7, 11) is 0. The van der Waals surface area contributed by atoms with Gasteiger partial charge in [-0.15, -0.1) is 0 Å². The van der Waals surface area contributed by atoms with Crippen molar-refractivity contribution < 1.29 is 0 Å². The van der Waals surface area contributed by atoms with E-state index in [2.05, 4.69) is 91.9 Å². The highest BCUT2D eigenvalue weighted by Crippen LogP contribution is 2.18. The molecule has 132 valence electrons. The Balaban J connectivity index is 1.62. The van der Waals surface area contributed by atoms with Crippen LogP contribution in [-0.2, 0) is 0 Å². The lowest BCUT2D eigenvalue weighted by molar-refractivity contribution is 1.60. The van der Waals surface area contributed by atoms with Gasteiger partial charge in [0.15, 0.2) is 0 Å². The third-order valence-electron chi connectivity index (χ3n) is 4.23. The zero-order valence-electron chi connectivity index (χ0n) is 14.8. The number of hydrogen-bond donors (Lipinski definition) is 0. The van der Waals surface area contributed by atoms with Gasteiger partial charge in [-0.05, 0) is 83.6 Å². The molecule has 0 saturated heterocycles. The maximum absolute atomic E-state index is 3.44. The zero-order chi connectivity index (χ0) is 19.3. The van der Waals surface area contributed by atoms with Crippen LogP contribution in [0.15, 0.2) is 93.9 Å². The summed E-state index contributed by atoms with van der Waals surface area (Å²) in [5.74, 6) is 12.9. The average Bonchev–Trinajstić information content (AvgIpc) is 2.72. The van der Waals surface area contributed by atoms with Crippen molar-refractivity contribution in [2.75, 3.05) is 0 Å². The Kier molecular flexibility index (Phi) is 5.63. The fraction of sp³-hybridized carbons (Fsp3) is 0. The molecule has 0 spiro atoms. The first kappa shape index (κ1) is 18.6. The van der Waals surface area contributed by atoms with Crippen molar-refractivity contribution >= 4 is 42.6 Å². The molecule has 0 unspecified atom stereocenters. The lowest BCUT2D eigenvalue weighted by Gasteiger charge is -2.00. The smallest absolute Gasteiger partial charge is 0.0255 e. The normalized spacial score (nSPS) is 9.93. The van der Waals surface area contributed by atoms with Crippen LogP contribution in [-0.4, -0.2) is 0 Å². The summed E-state index contributed by atoms with van der Waals surface area (Å²) in [5, 5.41) is 2.33. The predicted molar refractivity (Wildman–Crippen MR) is 124 cm³/mol. The quantitative estimate of drug-likeness (QED) is 0.232. The van der Waals surface area contributed by atoms with Crippen molar-refractivity contribution in [3.63, 3.8) is 0 Å². The van der Waals surface area contributed by atoms with Crippen LogP contribution in [0.5, 0.6) is 0 Å². The summed E-state index contributed by atoms with van der Waals surface area (Å²) in [6.07, 6.45) is 0. The van der Waals surface area contributed by atoms with Gasteiger partial charge in [0.25, 0.3) is 0 Å². The molecule has 0 atom stereocenters. The Morgan fingerprint density at radius 3 is 1.18 bits per heavy atom. The highest BCUT2D eigenvalue weighted by atomic mass is 79.9. The van der Waals surface area contributed by atoms with E-state index in [0.29, 0.717) is 0 Å². The highest BCUT2D eigenvalue weighted by molar-refractivity contribution is 9.10. The molecule has 4 aromatic carbocycles. The second-order valence-corrected chi connectivity index (χ2v) is 8.12. The molecule has 0 aliphatic heterocycles. The van der Waals surface area contributed by atoms with Crippen LogP contribution in [0, 0.1) is 23.7 Å². The molecule has 0 aromatic heterocycles. The van der Waals surface area contributed by atoms with Gasteiger partial charge in [-0.2, -0.15) is 0 Å². The predicted octanol–water partition coefficient (Wildman–Crippen LogP) is 7.16. The molecule has 0 bridgehead atoms. The summed E-state index contributed by atoms with van der Waals surface area (Å²) < 4.78 is 2.11. The number of benzene rings is 4. The fourth-order valence-corrected chi connectivity index (χ4v) is 3.29. The molecule has 28 heavy (non-hydrogen) atoms. The zero-order valence-corrected chi connectivity index (χ0v) is 18.0. The van der Waals surface area contributed by atoms with E-state index in [4.69, 9.17) is 0 Å². The summed E-state index contributed by atoms with van der Waals surface area (Å²) in [4.78, 5) is 0. The Labute approximate surface area is 181 Å². The van der Waals surface area contributed by atoms with Crippen LogP contribution in [0.4, 0.5) is 0 Å². The maximum atomic E-state index is 3.44. The number of fused-ring (bicyclic) bond motifs is 1. The minimum Gasteiger partial charge on any atom is -0.0617 e. The van der Waals surface area contributed by atoms with Crippen LogP contribution in [0.3, 0.4) is 0 Å². The van der Waals surface area contributed by atoms with E-state index in [1.54, 1.807) is 0 Å². The SMILES string of the molecule is Brc1ccc(C#Cc2ccc3ccc(C#Cc4ccc(Br)cc4)cc3c2)cc1. The monoisotopic (exact) mass is 484 g/mol. The number of hydrogen-bond acceptors (Lipinski definition) is 0. The topological polar surface area (TPSA) is 0 Å². The van der Waals surface area contributed by atoms with Gasteiger partial charge in [0.1, 0.15) is 0 Å². The Bertz CT molecular complexity index is 1160. The molecule has 0 N–H and O–H groups in total. The highest BCUT2D eigenvalue weighted by Gasteiger charge is 1.97. The van der Waals surface area contributed by atoms with Crippen molar-refractivity contribution in [3.05, 3.63) is 116 Å². The van der Waals surface area contributed by atoms with E-state index in [1.165, 1.54) is 5.39 Å². The van der Waals surface area contributed by atoms with Gasteiger partial charge in [-0.1, -0.05) is 67.7 Å². The van der Waals surface area contributed by atoms with Crippen LogP contribution >= 0.6 is 31.9 Å². The van der Waals surface area contributed by atoms with Gasteiger partial charge in [-0.25, -0.2) is 0 Å². The van der Waals surface area contributed by atoms with Gasteiger partial charge in [-0.3, -0.25) is 0 Å². The van der Waals surface area contributed by atoms with Crippen LogP contribution in [0.1, 0.15) is 22.3 Å². The molecule has 0 heterocycles.